The zero-order valence-electron chi connectivity index (χ0n) is 7.38. The van der Waals surface area contributed by atoms with Crippen molar-refractivity contribution in [3.8, 4) is 10.6 Å². The summed E-state index contributed by atoms with van der Waals surface area (Å²) in [4.78, 5) is 0. The number of alkyl halides is 1. The molecular weight excluding hydrogens is 319 g/mol. The topological polar surface area (TPSA) is 25.8 Å². The van der Waals surface area contributed by atoms with E-state index < -0.39 is 0 Å². The molecule has 0 fully saturated rings. The summed E-state index contributed by atoms with van der Waals surface area (Å²) in [6.45, 7) is 0. The molecule has 0 aliphatic carbocycles. The lowest BCUT2D eigenvalue weighted by Crippen LogP contribution is -1.79. The highest BCUT2D eigenvalue weighted by molar-refractivity contribution is 9.10. The Morgan fingerprint density at radius 3 is 2.73 bits per heavy atom. The summed E-state index contributed by atoms with van der Waals surface area (Å²) in [6, 6.07) is 5.56. The third-order valence-corrected chi connectivity index (χ3v) is 4.00. The van der Waals surface area contributed by atoms with Gasteiger partial charge in [-0.3, -0.25) is 0 Å². The Labute approximate surface area is 109 Å². The molecule has 0 atom stereocenters. The van der Waals surface area contributed by atoms with Gasteiger partial charge in [0.2, 0.25) is 0 Å². The predicted octanol–water partition coefficient (Wildman–Crippen LogP) is 4.36. The fraction of sp³-hybridized carbons (Fsp3) is 0.111. The van der Waals surface area contributed by atoms with Crippen LogP contribution >= 0.6 is 50.5 Å². The zero-order chi connectivity index (χ0) is 10.8. The van der Waals surface area contributed by atoms with E-state index in [0.717, 1.165) is 20.1 Å². The van der Waals surface area contributed by atoms with E-state index in [0.29, 0.717) is 10.9 Å². The summed E-state index contributed by atoms with van der Waals surface area (Å²) in [7, 11) is 0. The lowest BCUT2D eigenvalue weighted by atomic mass is 10.2. The first-order valence-corrected chi connectivity index (χ1v) is 6.56. The first kappa shape index (κ1) is 11.3. The van der Waals surface area contributed by atoms with Crippen LogP contribution in [0.2, 0.25) is 5.02 Å². The molecule has 0 saturated carbocycles. The van der Waals surface area contributed by atoms with E-state index in [-0.39, 0.29) is 0 Å². The van der Waals surface area contributed by atoms with Crippen LogP contribution in [0, 0.1) is 0 Å². The van der Waals surface area contributed by atoms with E-state index in [2.05, 4.69) is 26.1 Å². The highest BCUT2D eigenvalue weighted by Crippen LogP contribution is 2.32. The van der Waals surface area contributed by atoms with E-state index in [4.69, 9.17) is 23.2 Å². The van der Waals surface area contributed by atoms with Crippen molar-refractivity contribution >= 4 is 50.5 Å². The van der Waals surface area contributed by atoms with Crippen LogP contribution in [-0.4, -0.2) is 10.2 Å². The quantitative estimate of drug-likeness (QED) is 0.767. The standard InChI is InChI=1S/C9H5BrCl2N2S/c10-7-3-5(12)1-2-6(7)9-14-13-8(4-11)15-9/h1-3H,4H2. The SMILES string of the molecule is ClCc1nnc(-c2ccc(Cl)cc2Br)s1. The number of hydrogen-bond donors (Lipinski definition) is 0. The molecule has 0 amide bonds. The molecule has 6 heteroatoms. The van der Waals surface area contributed by atoms with Gasteiger partial charge >= 0.3 is 0 Å². The number of benzene rings is 1. The van der Waals surface area contributed by atoms with Gasteiger partial charge in [-0.05, 0) is 18.2 Å². The fourth-order valence-electron chi connectivity index (χ4n) is 1.08. The Bertz CT molecular complexity index is 487. The van der Waals surface area contributed by atoms with Gasteiger partial charge in [-0.15, -0.1) is 21.8 Å². The van der Waals surface area contributed by atoms with Crippen molar-refractivity contribution in [3.05, 3.63) is 32.7 Å². The summed E-state index contributed by atoms with van der Waals surface area (Å²) in [5.41, 5.74) is 0.980. The number of aromatic nitrogens is 2. The molecule has 0 radical (unpaired) electrons. The molecule has 0 aliphatic heterocycles. The van der Waals surface area contributed by atoms with Crippen molar-refractivity contribution < 1.29 is 0 Å². The van der Waals surface area contributed by atoms with Crippen LogP contribution in [0.4, 0.5) is 0 Å². The summed E-state index contributed by atoms with van der Waals surface area (Å²) in [5, 5.41) is 10.4. The van der Waals surface area contributed by atoms with Gasteiger partial charge in [0.05, 0.1) is 5.88 Å². The van der Waals surface area contributed by atoms with Gasteiger partial charge in [0.1, 0.15) is 10.0 Å². The van der Waals surface area contributed by atoms with Crippen molar-refractivity contribution in [2.75, 3.05) is 0 Å². The lowest BCUT2D eigenvalue weighted by molar-refractivity contribution is 1.04. The Morgan fingerprint density at radius 1 is 1.33 bits per heavy atom. The average Bonchev–Trinajstić information content (AvgIpc) is 2.66. The Hall–Kier alpha value is -0.160. The maximum Gasteiger partial charge on any atom is 0.148 e. The van der Waals surface area contributed by atoms with E-state index in [9.17, 15) is 0 Å². The maximum absolute atomic E-state index is 5.85. The second-order valence-electron chi connectivity index (χ2n) is 2.76. The lowest BCUT2D eigenvalue weighted by Gasteiger charge is -1.99. The van der Waals surface area contributed by atoms with Crippen LogP contribution in [0.3, 0.4) is 0 Å². The van der Waals surface area contributed by atoms with Gasteiger partial charge in [0.25, 0.3) is 0 Å². The summed E-state index contributed by atoms with van der Waals surface area (Å²) >= 11 is 16.4. The first-order valence-electron chi connectivity index (χ1n) is 4.04. The van der Waals surface area contributed by atoms with Crippen molar-refractivity contribution in [2.24, 2.45) is 0 Å². The van der Waals surface area contributed by atoms with Gasteiger partial charge < -0.3 is 0 Å². The molecule has 0 saturated heterocycles. The molecule has 78 valence electrons. The molecule has 2 rings (SSSR count). The van der Waals surface area contributed by atoms with Crippen LogP contribution in [-0.2, 0) is 5.88 Å². The highest BCUT2D eigenvalue weighted by Gasteiger charge is 2.09. The summed E-state index contributed by atoms with van der Waals surface area (Å²) in [5.74, 6) is 0.392. The molecule has 0 aliphatic rings. The van der Waals surface area contributed by atoms with Gasteiger partial charge in [0, 0.05) is 15.1 Å². The van der Waals surface area contributed by atoms with E-state index in [1.807, 2.05) is 18.2 Å². The van der Waals surface area contributed by atoms with Gasteiger partial charge in [-0.2, -0.15) is 0 Å². The van der Waals surface area contributed by atoms with Gasteiger partial charge in [-0.1, -0.05) is 38.9 Å². The molecule has 15 heavy (non-hydrogen) atoms. The molecular formula is C9H5BrCl2N2S. The van der Waals surface area contributed by atoms with E-state index in [1.165, 1.54) is 11.3 Å². The Morgan fingerprint density at radius 2 is 2.13 bits per heavy atom. The van der Waals surface area contributed by atoms with E-state index in [1.54, 1.807) is 0 Å². The van der Waals surface area contributed by atoms with Gasteiger partial charge in [-0.25, -0.2) is 0 Å². The van der Waals surface area contributed by atoms with Crippen molar-refractivity contribution in [2.45, 2.75) is 5.88 Å². The fourth-order valence-corrected chi connectivity index (χ4v) is 3.03. The molecule has 0 spiro atoms. The number of hydrogen-bond acceptors (Lipinski definition) is 3. The maximum atomic E-state index is 5.85. The third-order valence-electron chi connectivity index (χ3n) is 1.74. The minimum absolute atomic E-state index is 0.392. The van der Waals surface area contributed by atoms with Crippen LogP contribution in [0.25, 0.3) is 10.6 Å². The van der Waals surface area contributed by atoms with Crippen molar-refractivity contribution in [3.63, 3.8) is 0 Å². The molecule has 0 N–H and O–H groups in total. The monoisotopic (exact) mass is 322 g/mol. The van der Waals surface area contributed by atoms with Crippen molar-refractivity contribution in [1.82, 2.24) is 10.2 Å². The molecule has 0 bridgehead atoms. The van der Waals surface area contributed by atoms with Gasteiger partial charge in [0.15, 0.2) is 0 Å². The Balaban J connectivity index is 2.44. The second kappa shape index (κ2) is 4.78. The largest absolute Gasteiger partial charge is 0.148 e. The molecule has 2 nitrogen and oxygen atoms in total. The van der Waals surface area contributed by atoms with Crippen molar-refractivity contribution in [1.29, 1.82) is 0 Å². The summed E-state index contributed by atoms with van der Waals surface area (Å²) in [6.07, 6.45) is 0. The third kappa shape index (κ3) is 2.50. The second-order valence-corrected chi connectivity index (χ2v) is 5.38. The van der Waals surface area contributed by atoms with E-state index >= 15 is 0 Å². The minimum atomic E-state index is 0.392. The summed E-state index contributed by atoms with van der Waals surface area (Å²) < 4.78 is 0.910. The zero-order valence-corrected chi connectivity index (χ0v) is 11.3. The molecule has 1 heterocycles. The van der Waals surface area contributed by atoms with Crippen LogP contribution in [0.5, 0.6) is 0 Å². The van der Waals surface area contributed by atoms with Crippen LogP contribution in [0.1, 0.15) is 5.01 Å². The highest BCUT2D eigenvalue weighted by atomic mass is 79.9. The minimum Gasteiger partial charge on any atom is -0.142 e. The predicted molar refractivity (Wildman–Crippen MR) is 67.6 cm³/mol. The first-order chi connectivity index (χ1) is 7.20. The number of halogens is 3. The number of rotatable bonds is 2. The molecule has 0 unspecified atom stereocenters. The average molecular weight is 324 g/mol. The molecule has 1 aromatic heterocycles. The molecule has 1 aromatic carbocycles. The normalized spacial score (nSPS) is 10.6. The molecule has 2 aromatic rings. The van der Waals surface area contributed by atoms with Crippen LogP contribution in [0.15, 0.2) is 22.7 Å². The smallest absolute Gasteiger partial charge is 0.142 e. The Kier molecular flexibility index (Phi) is 3.61. The van der Waals surface area contributed by atoms with Crippen LogP contribution < -0.4 is 0 Å². The number of nitrogens with zero attached hydrogens (tertiary/aromatic N) is 2.